The zero-order valence-corrected chi connectivity index (χ0v) is 8.82. The molecule has 0 saturated heterocycles. The van der Waals surface area contributed by atoms with Crippen LogP contribution < -0.4 is 5.56 Å². The number of nitrogens with zero attached hydrogens (tertiary/aromatic N) is 1. The number of aromatic amines is 1. The second-order valence-corrected chi connectivity index (χ2v) is 3.74. The number of nitrogens with one attached hydrogen (secondary N) is 1. The number of carbonyl (C=O) groups is 1. The molecule has 2 N–H and O–H groups in total. The van der Waals surface area contributed by atoms with Gasteiger partial charge in [0.05, 0.1) is 24.5 Å². The highest BCUT2D eigenvalue weighted by molar-refractivity contribution is 5.74. The monoisotopic (exact) mass is 224 g/mol. The predicted octanol–water partition coefficient (Wildman–Crippen LogP) is 0.0307. The topological polar surface area (TPSA) is 92.3 Å². The van der Waals surface area contributed by atoms with E-state index in [1.807, 2.05) is 0 Å². The van der Waals surface area contributed by atoms with E-state index < -0.39 is 11.9 Å². The van der Waals surface area contributed by atoms with Crippen LogP contribution in [0.5, 0.6) is 0 Å². The molecule has 1 unspecified atom stereocenters. The number of ether oxygens (including phenoxy) is 1. The van der Waals surface area contributed by atoms with Crippen LogP contribution in [0.25, 0.3) is 0 Å². The third kappa shape index (κ3) is 1.83. The lowest BCUT2D eigenvalue weighted by molar-refractivity contribution is -0.138. The molecule has 1 aliphatic heterocycles. The maximum atomic E-state index is 11.6. The van der Waals surface area contributed by atoms with E-state index in [0.717, 1.165) is 0 Å². The number of aromatic nitrogens is 2. The zero-order chi connectivity index (χ0) is 11.7. The summed E-state index contributed by atoms with van der Waals surface area (Å²) in [5, 5.41) is 8.84. The van der Waals surface area contributed by atoms with Gasteiger partial charge in [0.15, 0.2) is 0 Å². The first kappa shape index (κ1) is 10.8. The number of carboxylic acid groups (broad SMARTS) is 1. The van der Waals surface area contributed by atoms with Crippen LogP contribution in [0.2, 0.25) is 0 Å². The minimum absolute atomic E-state index is 0.207. The molecule has 0 radical (unpaired) electrons. The van der Waals surface area contributed by atoms with Crippen molar-refractivity contribution in [3.05, 3.63) is 27.4 Å². The fourth-order valence-corrected chi connectivity index (χ4v) is 1.58. The van der Waals surface area contributed by atoms with E-state index in [9.17, 15) is 9.59 Å². The fourth-order valence-electron chi connectivity index (χ4n) is 1.58. The molecule has 16 heavy (non-hydrogen) atoms. The number of aliphatic carboxylic acids is 1. The summed E-state index contributed by atoms with van der Waals surface area (Å²) in [4.78, 5) is 29.1. The SMILES string of the molecule is CC(C(=O)O)c1nc2c(c(=O)[nH]1)COCC2. The van der Waals surface area contributed by atoms with Gasteiger partial charge in [-0.3, -0.25) is 9.59 Å². The fraction of sp³-hybridized carbons (Fsp3) is 0.500. The first-order chi connectivity index (χ1) is 7.59. The smallest absolute Gasteiger partial charge is 0.313 e. The summed E-state index contributed by atoms with van der Waals surface area (Å²) in [6.45, 7) is 2.26. The Balaban J connectivity index is 2.47. The molecule has 0 saturated carbocycles. The van der Waals surface area contributed by atoms with Crippen LogP contribution in [0.4, 0.5) is 0 Å². The lowest BCUT2D eigenvalue weighted by atomic mass is 10.1. The standard InChI is InChI=1S/C10H12N2O4/c1-5(10(14)15)8-11-7-2-3-16-4-6(7)9(13)12-8/h5H,2-4H2,1H3,(H,14,15)(H,11,12,13). The van der Waals surface area contributed by atoms with Gasteiger partial charge in [-0.1, -0.05) is 0 Å². The van der Waals surface area contributed by atoms with Gasteiger partial charge in [-0.05, 0) is 6.92 Å². The first-order valence-electron chi connectivity index (χ1n) is 5.02. The highest BCUT2D eigenvalue weighted by Gasteiger charge is 2.21. The van der Waals surface area contributed by atoms with Gasteiger partial charge in [-0.15, -0.1) is 0 Å². The Bertz CT molecular complexity index is 480. The predicted molar refractivity (Wildman–Crippen MR) is 54.3 cm³/mol. The molecule has 0 aromatic carbocycles. The van der Waals surface area contributed by atoms with Gasteiger partial charge in [-0.25, -0.2) is 4.98 Å². The van der Waals surface area contributed by atoms with Crippen LogP contribution in [-0.4, -0.2) is 27.7 Å². The minimum atomic E-state index is -1.00. The molecule has 6 nitrogen and oxygen atoms in total. The van der Waals surface area contributed by atoms with Crippen molar-refractivity contribution in [3.63, 3.8) is 0 Å². The van der Waals surface area contributed by atoms with Crippen molar-refractivity contribution in [2.75, 3.05) is 6.61 Å². The van der Waals surface area contributed by atoms with E-state index in [1.165, 1.54) is 6.92 Å². The summed E-state index contributed by atoms with van der Waals surface area (Å²) in [5.41, 5.74) is 0.860. The van der Waals surface area contributed by atoms with E-state index in [0.29, 0.717) is 24.3 Å². The first-order valence-corrected chi connectivity index (χ1v) is 5.02. The molecule has 0 amide bonds. The molecule has 2 rings (SSSR count). The van der Waals surface area contributed by atoms with Gasteiger partial charge in [0.25, 0.3) is 5.56 Å². The zero-order valence-electron chi connectivity index (χ0n) is 8.82. The van der Waals surface area contributed by atoms with Gasteiger partial charge in [0.1, 0.15) is 11.7 Å². The normalized spacial score (nSPS) is 16.6. The molecule has 0 spiro atoms. The van der Waals surface area contributed by atoms with Crippen LogP contribution in [0, 0.1) is 0 Å². The van der Waals surface area contributed by atoms with Gasteiger partial charge in [0.2, 0.25) is 0 Å². The highest BCUT2D eigenvalue weighted by atomic mass is 16.5. The van der Waals surface area contributed by atoms with Crippen LogP contribution in [0.3, 0.4) is 0 Å². The molecular formula is C10H12N2O4. The Labute approximate surface area is 91.3 Å². The van der Waals surface area contributed by atoms with E-state index >= 15 is 0 Å². The molecule has 0 bridgehead atoms. The molecule has 1 aromatic rings. The van der Waals surface area contributed by atoms with Crippen molar-refractivity contribution in [3.8, 4) is 0 Å². The molecule has 1 atom stereocenters. The summed E-state index contributed by atoms with van der Waals surface area (Å²) in [5.74, 6) is -1.60. The molecule has 2 heterocycles. The number of carboxylic acids is 1. The van der Waals surface area contributed by atoms with E-state index in [2.05, 4.69) is 9.97 Å². The molecule has 0 fully saturated rings. The lowest BCUT2D eigenvalue weighted by Gasteiger charge is -2.16. The maximum Gasteiger partial charge on any atom is 0.313 e. The summed E-state index contributed by atoms with van der Waals surface area (Å²) < 4.78 is 5.15. The van der Waals surface area contributed by atoms with E-state index in [-0.39, 0.29) is 18.0 Å². The Hall–Kier alpha value is -1.69. The van der Waals surface area contributed by atoms with Crippen LogP contribution in [0.1, 0.15) is 29.9 Å². The molecular weight excluding hydrogens is 212 g/mol. The molecule has 6 heteroatoms. The number of H-pyrrole nitrogens is 1. The summed E-state index contributed by atoms with van der Waals surface area (Å²) in [6, 6.07) is 0. The van der Waals surface area contributed by atoms with Gasteiger partial charge < -0.3 is 14.8 Å². The summed E-state index contributed by atoms with van der Waals surface area (Å²) in [7, 11) is 0. The van der Waals surface area contributed by atoms with Crippen molar-refractivity contribution in [1.29, 1.82) is 0 Å². The van der Waals surface area contributed by atoms with Crippen molar-refractivity contribution in [1.82, 2.24) is 9.97 Å². The van der Waals surface area contributed by atoms with Crippen molar-refractivity contribution in [2.45, 2.75) is 25.9 Å². The minimum Gasteiger partial charge on any atom is -0.481 e. The summed E-state index contributed by atoms with van der Waals surface area (Å²) in [6.07, 6.45) is 0.554. The highest BCUT2D eigenvalue weighted by Crippen LogP contribution is 2.14. The van der Waals surface area contributed by atoms with Crippen LogP contribution in [0.15, 0.2) is 4.79 Å². The number of fused-ring (bicyclic) bond motifs is 1. The Kier molecular flexibility index (Phi) is 2.74. The van der Waals surface area contributed by atoms with Gasteiger partial charge in [0, 0.05) is 6.42 Å². The van der Waals surface area contributed by atoms with Gasteiger partial charge >= 0.3 is 5.97 Å². The molecule has 86 valence electrons. The van der Waals surface area contributed by atoms with Crippen molar-refractivity contribution in [2.24, 2.45) is 0 Å². The summed E-state index contributed by atoms with van der Waals surface area (Å²) >= 11 is 0. The average Bonchev–Trinajstić information content (AvgIpc) is 2.28. The third-order valence-electron chi connectivity index (χ3n) is 2.63. The lowest BCUT2D eigenvalue weighted by Crippen LogP contribution is -2.27. The molecule has 1 aliphatic rings. The third-order valence-corrected chi connectivity index (χ3v) is 2.63. The molecule has 1 aromatic heterocycles. The average molecular weight is 224 g/mol. The van der Waals surface area contributed by atoms with Gasteiger partial charge in [-0.2, -0.15) is 0 Å². The van der Waals surface area contributed by atoms with E-state index in [1.54, 1.807) is 0 Å². The number of rotatable bonds is 2. The van der Waals surface area contributed by atoms with Crippen molar-refractivity contribution < 1.29 is 14.6 Å². The van der Waals surface area contributed by atoms with Crippen LogP contribution in [-0.2, 0) is 22.6 Å². The molecule has 0 aliphatic carbocycles. The Morgan fingerprint density at radius 2 is 2.38 bits per heavy atom. The van der Waals surface area contributed by atoms with Crippen molar-refractivity contribution >= 4 is 5.97 Å². The Morgan fingerprint density at radius 3 is 3.06 bits per heavy atom. The van der Waals surface area contributed by atoms with Crippen LogP contribution >= 0.6 is 0 Å². The second kappa shape index (κ2) is 4.05. The number of hydrogen-bond donors (Lipinski definition) is 2. The maximum absolute atomic E-state index is 11.6. The largest absolute Gasteiger partial charge is 0.481 e. The number of hydrogen-bond acceptors (Lipinski definition) is 4. The van der Waals surface area contributed by atoms with E-state index in [4.69, 9.17) is 9.84 Å². The quantitative estimate of drug-likeness (QED) is 0.739. The Morgan fingerprint density at radius 1 is 1.62 bits per heavy atom. The second-order valence-electron chi connectivity index (χ2n) is 3.74.